The molecule has 8 heteroatoms. The first kappa shape index (κ1) is 35.2. The molecule has 0 aliphatic carbocycles. The molecular weight excluding hydrogens is 613 g/mol. The zero-order chi connectivity index (χ0) is 34.7. The standard InChI is InChI=1S/C40H50N4O3Si/c1-9-44-35-23-22-29(38(41)43-45)25-33(35)34(37(44)32-21-16-24-42-36(32)28(2)46-8)26-40(6,7)27-47-48(39(3,4)5,30-17-12-10-13-18-30)31-19-14-11-15-20-31/h10-25,28,45H,9,26-27H2,1-8H3,(H2,41,43)/t28-/m0/s1. The third-order valence-electron chi connectivity index (χ3n) is 9.47. The molecule has 0 amide bonds. The zero-order valence-electron chi connectivity index (χ0n) is 29.6. The number of hydroxylamine groups is 1. The lowest BCUT2D eigenvalue weighted by Gasteiger charge is -2.44. The van der Waals surface area contributed by atoms with Gasteiger partial charge in [-0.15, -0.1) is 0 Å². The summed E-state index contributed by atoms with van der Waals surface area (Å²) in [5.74, 6) is -0.0435. The Morgan fingerprint density at radius 1 is 0.938 bits per heavy atom. The molecule has 0 saturated heterocycles. The van der Waals surface area contributed by atoms with Gasteiger partial charge in [-0.1, -0.05) is 95.3 Å². The van der Waals surface area contributed by atoms with Crippen LogP contribution in [0, 0.1) is 10.8 Å². The molecule has 5 aromatic rings. The fourth-order valence-corrected chi connectivity index (χ4v) is 11.9. The molecule has 3 N–H and O–H groups in total. The van der Waals surface area contributed by atoms with Gasteiger partial charge in [0.05, 0.1) is 17.5 Å². The number of pyridine rings is 1. The molecule has 5 rings (SSSR count). The van der Waals surface area contributed by atoms with Gasteiger partial charge in [-0.3, -0.25) is 21.1 Å². The normalized spacial score (nSPS) is 13.1. The highest BCUT2D eigenvalue weighted by Gasteiger charge is 2.50. The molecule has 0 bridgehead atoms. The summed E-state index contributed by atoms with van der Waals surface area (Å²) in [4.78, 5) is 4.80. The molecule has 0 aliphatic heterocycles. The highest BCUT2D eigenvalue weighted by Crippen LogP contribution is 2.42. The van der Waals surface area contributed by atoms with Gasteiger partial charge in [0.15, 0.2) is 0 Å². The van der Waals surface area contributed by atoms with Gasteiger partial charge in [-0.2, -0.15) is 0 Å². The number of aromatic nitrogens is 2. The first-order chi connectivity index (χ1) is 22.9. The molecule has 0 radical (unpaired) electrons. The summed E-state index contributed by atoms with van der Waals surface area (Å²) < 4.78 is 15.6. The Hall–Kier alpha value is -4.08. The minimum absolute atomic E-state index is 0.0435. The fraction of sp³-hybridized carbons (Fsp3) is 0.350. The van der Waals surface area contributed by atoms with E-state index in [4.69, 9.17) is 19.6 Å². The van der Waals surface area contributed by atoms with Gasteiger partial charge in [0, 0.05) is 48.5 Å². The van der Waals surface area contributed by atoms with Gasteiger partial charge in [-0.05, 0) is 77.0 Å². The summed E-state index contributed by atoms with van der Waals surface area (Å²) in [6.07, 6.45) is 2.33. The Balaban J connectivity index is 1.68. The lowest BCUT2D eigenvalue weighted by molar-refractivity contribution is 0.116. The largest absolute Gasteiger partial charge is 0.407 e. The van der Waals surface area contributed by atoms with Crippen LogP contribution in [-0.2, 0) is 22.1 Å². The average Bonchev–Trinajstić information content (AvgIpc) is 3.39. The molecule has 1 atom stereocenters. The van der Waals surface area contributed by atoms with Crippen LogP contribution < -0.4 is 15.9 Å². The lowest BCUT2D eigenvalue weighted by Crippen LogP contribution is -2.67. The number of nitrogens with one attached hydrogen (secondary N) is 2. The van der Waals surface area contributed by atoms with Gasteiger partial charge in [0.2, 0.25) is 0 Å². The SMILES string of the molecule is CCn1c(-c2cccnc2[C@H](C)OC)c(CC(C)(C)CO[Si](c2ccccc2)(c2ccccc2)C(C)(C)C)c2cc(C(=N)NO)ccc21. The molecule has 0 unspecified atom stereocenters. The van der Waals surface area contributed by atoms with Gasteiger partial charge in [0.1, 0.15) is 5.84 Å². The molecule has 7 nitrogen and oxygen atoms in total. The predicted molar refractivity (Wildman–Crippen MR) is 199 cm³/mol. The number of rotatable bonds is 12. The molecule has 0 aliphatic rings. The second-order valence-corrected chi connectivity index (χ2v) is 18.7. The number of fused-ring (bicyclic) bond motifs is 1. The highest BCUT2D eigenvalue weighted by atomic mass is 28.4. The number of nitrogens with zero attached hydrogens (tertiary/aromatic N) is 2. The van der Waals surface area contributed by atoms with Crippen LogP contribution in [0.3, 0.4) is 0 Å². The van der Waals surface area contributed by atoms with Crippen molar-refractivity contribution in [3.63, 3.8) is 0 Å². The smallest absolute Gasteiger partial charge is 0.261 e. The number of aryl methyl sites for hydroxylation is 1. The zero-order valence-corrected chi connectivity index (χ0v) is 30.6. The van der Waals surface area contributed by atoms with Crippen molar-refractivity contribution in [3.05, 3.63) is 114 Å². The van der Waals surface area contributed by atoms with E-state index in [9.17, 15) is 5.21 Å². The topological polar surface area (TPSA) is 92.4 Å². The Morgan fingerprint density at radius 2 is 1.56 bits per heavy atom. The van der Waals surface area contributed by atoms with Crippen molar-refractivity contribution in [1.29, 1.82) is 5.41 Å². The van der Waals surface area contributed by atoms with Crippen LogP contribution in [0.15, 0.2) is 97.2 Å². The molecule has 252 valence electrons. The number of methoxy groups -OCH3 is 1. The maximum absolute atomic E-state index is 9.61. The Morgan fingerprint density at radius 3 is 2.10 bits per heavy atom. The second-order valence-electron chi connectivity index (χ2n) is 14.4. The summed E-state index contributed by atoms with van der Waals surface area (Å²) in [6, 6.07) is 31.6. The Kier molecular flexibility index (Phi) is 10.4. The van der Waals surface area contributed by atoms with Gasteiger partial charge >= 0.3 is 0 Å². The van der Waals surface area contributed by atoms with Gasteiger partial charge < -0.3 is 13.7 Å². The van der Waals surface area contributed by atoms with Gasteiger partial charge in [-0.25, -0.2) is 0 Å². The van der Waals surface area contributed by atoms with Crippen LogP contribution in [0.25, 0.3) is 22.2 Å². The molecule has 2 heterocycles. The first-order valence-electron chi connectivity index (χ1n) is 16.8. The van der Waals surface area contributed by atoms with E-state index in [1.165, 1.54) is 10.4 Å². The van der Waals surface area contributed by atoms with Crippen molar-refractivity contribution in [1.82, 2.24) is 15.0 Å². The van der Waals surface area contributed by atoms with Crippen LogP contribution in [0.2, 0.25) is 5.04 Å². The van der Waals surface area contributed by atoms with E-state index in [0.29, 0.717) is 18.6 Å². The van der Waals surface area contributed by atoms with E-state index < -0.39 is 8.32 Å². The van der Waals surface area contributed by atoms with Crippen LogP contribution in [-0.4, -0.2) is 42.6 Å². The number of benzene rings is 3. The van der Waals surface area contributed by atoms with Crippen LogP contribution >= 0.6 is 0 Å². The minimum atomic E-state index is -2.76. The lowest BCUT2D eigenvalue weighted by atomic mass is 9.84. The summed E-state index contributed by atoms with van der Waals surface area (Å²) in [6.45, 7) is 17.0. The van der Waals surface area contributed by atoms with Crippen molar-refractivity contribution >= 4 is 35.4 Å². The van der Waals surface area contributed by atoms with Crippen molar-refractivity contribution in [2.24, 2.45) is 5.41 Å². The van der Waals surface area contributed by atoms with E-state index in [1.54, 1.807) is 7.11 Å². The third kappa shape index (κ3) is 6.63. The number of hydrogen-bond acceptors (Lipinski definition) is 5. The van der Waals surface area contributed by atoms with Crippen LogP contribution in [0.1, 0.15) is 71.4 Å². The number of hydrogen-bond donors (Lipinski definition) is 3. The van der Waals surface area contributed by atoms with Crippen molar-refractivity contribution in [2.45, 2.75) is 72.6 Å². The van der Waals surface area contributed by atoms with E-state index in [1.807, 2.05) is 36.8 Å². The summed E-state index contributed by atoms with van der Waals surface area (Å²) in [7, 11) is -1.05. The molecule has 0 saturated carbocycles. The molecule has 48 heavy (non-hydrogen) atoms. The number of ether oxygens (including phenoxy) is 1. The summed E-state index contributed by atoms with van der Waals surface area (Å²) >= 11 is 0. The third-order valence-corrected chi connectivity index (χ3v) is 14.5. The first-order valence-corrected chi connectivity index (χ1v) is 18.7. The maximum atomic E-state index is 9.61. The summed E-state index contributed by atoms with van der Waals surface area (Å²) in [5, 5.41) is 21.4. The highest BCUT2D eigenvalue weighted by molar-refractivity contribution is 6.99. The van der Waals surface area contributed by atoms with E-state index >= 15 is 0 Å². The molecule has 0 fully saturated rings. The average molecular weight is 663 g/mol. The quantitative estimate of drug-likeness (QED) is 0.0547. The van der Waals surface area contributed by atoms with Crippen molar-refractivity contribution in [2.75, 3.05) is 13.7 Å². The van der Waals surface area contributed by atoms with Gasteiger partial charge in [0.25, 0.3) is 8.32 Å². The second kappa shape index (κ2) is 14.2. The van der Waals surface area contributed by atoms with Crippen molar-refractivity contribution in [3.8, 4) is 11.3 Å². The fourth-order valence-electron chi connectivity index (χ4n) is 7.11. The van der Waals surface area contributed by atoms with E-state index in [-0.39, 0.29) is 22.4 Å². The Bertz CT molecular complexity index is 1820. The predicted octanol–water partition coefficient (Wildman–Crippen LogP) is 7.88. The monoisotopic (exact) mass is 662 g/mol. The number of amidine groups is 1. The van der Waals surface area contributed by atoms with Crippen LogP contribution in [0.5, 0.6) is 0 Å². The minimum Gasteiger partial charge on any atom is -0.407 e. The molecule has 3 aromatic carbocycles. The molecule has 0 spiro atoms. The molecular formula is C40H50N4O3Si. The van der Waals surface area contributed by atoms with Crippen molar-refractivity contribution < 1.29 is 14.4 Å². The van der Waals surface area contributed by atoms with E-state index in [0.717, 1.165) is 40.0 Å². The molecule has 2 aromatic heterocycles. The van der Waals surface area contributed by atoms with Crippen LogP contribution in [0.4, 0.5) is 0 Å². The Labute approximate surface area is 286 Å². The van der Waals surface area contributed by atoms with E-state index in [2.05, 4.69) is 119 Å². The maximum Gasteiger partial charge on any atom is 0.261 e. The summed E-state index contributed by atoms with van der Waals surface area (Å²) in [5.41, 5.74) is 7.59.